The SMILES string of the molecule is CCCCNC(=O)C(C)N(Cc1ccc(Cl)cc1Cl)C(=O)CN1C(=O)c2cccc3cccc1c23. The number of rotatable bonds is 9. The van der Waals surface area contributed by atoms with E-state index >= 15 is 0 Å². The molecule has 6 nitrogen and oxygen atoms in total. The summed E-state index contributed by atoms with van der Waals surface area (Å²) < 4.78 is 0. The van der Waals surface area contributed by atoms with Gasteiger partial charge in [-0.3, -0.25) is 19.3 Å². The van der Waals surface area contributed by atoms with Crippen LogP contribution < -0.4 is 10.2 Å². The van der Waals surface area contributed by atoms with Crippen LogP contribution in [0.4, 0.5) is 5.69 Å². The largest absolute Gasteiger partial charge is 0.354 e. The number of benzene rings is 3. The Morgan fingerprint density at radius 1 is 1.09 bits per heavy atom. The van der Waals surface area contributed by atoms with E-state index in [1.807, 2.05) is 37.3 Å². The molecule has 1 unspecified atom stereocenters. The molecular weight excluding hydrogens is 485 g/mol. The molecule has 4 rings (SSSR count). The van der Waals surface area contributed by atoms with Crippen LogP contribution in [0.2, 0.25) is 10.0 Å². The van der Waals surface area contributed by atoms with Crippen LogP contribution in [0.5, 0.6) is 0 Å². The molecular formula is C27H27Cl2N3O3. The van der Waals surface area contributed by atoms with E-state index < -0.39 is 6.04 Å². The first-order valence-electron chi connectivity index (χ1n) is 11.7. The average Bonchev–Trinajstić information content (AvgIpc) is 3.11. The third-order valence-electron chi connectivity index (χ3n) is 6.30. The van der Waals surface area contributed by atoms with Gasteiger partial charge in [0, 0.05) is 34.1 Å². The fourth-order valence-corrected chi connectivity index (χ4v) is 4.78. The topological polar surface area (TPSA) is 69.7 Å². The minimum Gasteiger partial charge on any atom is -0.354 e. The molecule has 1 atom stereocenters. The molecule has 0 bridgehead atoms. The van der Waals surface area contributed by atoms with Crippen molar-refractivity contribution in [3.8, 4) is 0 Å². The van der Waals surface area contributed by atoms with Gasteiger partial charge in [0.15, 0.2) is 0 Å². The van der Waals surface area contributed by atoms with Crippen LogP contribution in [0, 0.1) is 0 Å². The van der Waals surface area contributed by atoms with Gasteiger partial charge in [-0.15, -0.1) is 0 Å². The van der Waals surface area contributed by atoms with Gasteiger partial charge >= 0.3 is 0 Å². The second-order valence-corrected chi connectivity index (χ2v) is 9.49. The molecule has 1 aliphatic rings. The number of nitrogens with one attached hydrogen (secondary N) is 1. The number of nitrogens with zero attached hydrogens (tertiary/aromatic N) is 2. The molecule has 0 aliphatic carbocycles. The average molecular weight is 512 g/mol. The van der Waals surface area contributed by atoms with Crippen molar-refractivity contribution in [2.24, 2.45) is 0 Å². The molecule has 3 aromatic carbocycles. The van der Waals surface area contributed by atoms with Gasteiger partial charge in [0.25, 0.3) is 5.91 Å². The lowest BCUT2D eigenvalue weighted by molar-refractivity contribution is -0.139. The highest BCUT2D eigenvalue weighted by Crippen LogP contribution is 2.37. The highest BCUT2D eigenvalue weighted by molar-refractivity contribution is 6.35. The molecule has 0 saturated heterocycles. The maximum absolute atomic E-state index is 13.7. The van der Waals surface area contributed by atoms with Crippen molar-refractivity contribution in [3.05, 3.63) is 75.8 Å². The lowest BCUT2D eigenvalue weighted by Crippen LogP contribution is -2.51. The molecule has 3 aromatic rings. The summed E-state index contributed by atoms with van der Waals surface area (Å²) in [6, 6.07) is 15.5. The van der Waals surface area contributed by atoms with E-state index in [1.54, 1.807) is 31.2 Å². The normalized spacial score (nSPS) is 13.3. The van der Waals surface area contributed by atoms with E-state index in [-0.39, 0.29) is 30.8 Å². The third kappa shape index (κ3) is 5.14. The van der Waals surface area contributed by atoms with E-state index in [2.05, 4.69) is 5.32 Å². The summed E-state index contributed by atoms with van der Waals surface area (Å²) in [5, 5.41) is 5.56. The minimum atomic E-state index is -0.762. The van der Waals surface area contributed by atoms with Gasteiger partial charge in [0.05, 0.1) is 5.69 Å². The van der Waals surface area contributed by atoms with Crippen LogP contribution in [0.15, 0.2) is 54.6 Å². The van der Waals surface area contributed by atoms with Crippen LogP contribution in [-0.4, -0.2) is 41.8 Å². The zero-order valence-electron chi connectivity index (χ0n) is 19.7. The van der Waals surface area contributed by atoms with Crippen molar-refractivity contribution in [3.63, 3.8) is 0 Å². The number of hydrogen-bond donors (Lipinski definition) is 1. The predicted octanol–water partition coefficient (Wildman–Crippen LogP) is 5.44. The van der Waals surface area contributed by atoms with Gasteiger partial charge in [0.2, 0.25) is 11.8 Å². The molecule has 0 aromatic heterocycles. The van der Waals surface area contributed by atoms with Crippen molar-refractivity contribution in [2.45, 2.75) is 39.3 Å². The zero-order valence-corrected chi connectivity index (χ0v) is 21.2. The first-order chi connectivity index (χ1) is 16.8. The van der Waals surface area contributed by atoms with Crippen molar-refractivity contribution in [1.82, 2.24) is 10.2 Å². The van der Waals surface area contributed by atoms with E-state index in [0.717, 1.165) is 23.6 Å². The summed E-state index contributed by atoms with van der Waals surface area (Å²) in [5.74, 6) is -0.836. The third-order valence-corrected chi connectivity index (χ3v) is 6.88. The Morgan fingerprint density at radius 2 is 1.83 bits per heavy atom. The summed E-state index contributed by atoms with van der Waals surface area (Å²) in [5.41, 5.74) is 1.93. The smallest absolute Gasteiger partial charge is 0.259 e. The summed E-state index contributed by atoms with van der Waals surface area (Å²) in [7, 11) is 0. The first-order valence-corrected chi connectivity index (χ1v) is 12.4. The van der Waals surface area contributed by atoms with Crippen LogP contribution in [0.1, 0.15) is 42.6 Å². The fraction of sp³-hybridized carbons (Fsp3) is 0.296. The molecule has 0 radical (unpaired) electrons. The van der Waals surface area contributed by atoms with E-state index in [0.29, 0.717) is 33.4 Å². The number of halogens is 2. The van der Waals surface area contributed by atoms with Gasteiger partial charge < -0.3 is 10.2 Å². The van der Waals surface area contributed by atoms with Gasteiger partial charge in [0.1, 0.15) is 12.6 Å². The maximum atomic E-state index is 13.7. The van der Waals surface area contributed by atoms with Crippen molar-refractivity contribution >= 4 is 57.4 Å². The molecule has 3 amide bonds. The highest BCUT2D eigenvalue weighted by atomic mass is 35.5. The van der Waals surface area contributed by atoms with Crippen LogP contribution >= 0.6 is 23.2 Å². The van der Waals surface area contributed by atoms with Gasteiger partial charge in [-0.1, -0.05) is 66.9 Å². The Morgan fingerprint density at radius 3 is 2.54 bits per heavy atom. The van der Waals surface area contributed by atoms with E-state index in [4.69, 9.17) is 23.2 Å². The molecule has 182 valence electrons. The minimum absolute atomic E-state index is 0.108. The number of carbonyl (C=O) groups excluding carboxylic acids is 3. The monoisotopic (exact) mass is 511 g/mol. The molecule has 0 spiro atoms. The highest BCUT2D eigenvalue weighted by Gasteiger charge is 2.34. The first kappa shape index (κ1) is 25.0. The number of amides is 3. The summed E-state index contributed by atoms with van der Waals surface area (Å²) in [6.07, 6.45) is 1.79. The van der Waals surface area contributed by atoms with Gasteiger partial charge in [-0.2, -0.15) is 0 Å². The Hall–Kier alpha value is -3.09. The Kier molecular flexibility index (Phi) is 7.63. The molecule has 0 saturated carbocycles. The Balaban J connectivity index is 1.61. The predicted molar refractivity (Wildman–Crippen MR) is 140 cm³/mol. The molecule has 0 fully saturated rings. The summed E-state index contributed by atoms with van der Waals surface area (Å²) >= 11 is 12.4. The number of hydrogen-bond acceptors (Lipinski definition) is 3. The van der Waals surface area contributed by atoms with Crippen LogP contribution in [0.25, 0.3) is 10.8 Å². The Labute approximate surface area is 214 Å². The molecule has 35 heavy (non-hydrogen) atoms. The van der Waals surface area contributed by atoms with Gasteiger partial charge in [-0.05, 0) is 48.6 Å². The molecule has 1 heterocycles. The second-order valence-electron chi connectivity index (χ2n) is 8.65. The van der Waals surface area contributed by atoms with Crippen molar-refractivity contribution in [2.75, 3.05) is 18.0 Å². The number of carbonyl (C=O) groups is 3. The van der Waals surface area contributed by atoms with Crippen LogP contribution in [0.3, 0.4) is 0 Å². The summed E-state index contributed by atoms with van der Waals surface area (Å²) in [4.78, 5) is 42.7. The Bertz CT molecular complexity index is 1290. The standard InChI is InChI=1S/C27H27Cl2N3O3/c1-3-4-13-30-26(34)17(2)31(15-19-11-12-20(28)14-22(19)29)24(33)16-32-23-10-6-8-18-7-5-9-21(25(18)23)27(32)35/h5-12,14,17H,3-4,13,15-16H2,1-2H3,(H,30,34). The van der Waals surface area contributed by atoms with Crippen LogP contribution in [-0.2, 0) is 16.1 Å². The van der Waals surface area contributed by atoms with E-state index in [9.17, 15) is 14.4 Å². The van der Waals surface area contributed by atoms with Crippen molar-refractivity contribution < 1.29 is 14.4 Å². The second kappa shape index (κ2) is 10.7. The lowest BCUT2D eigenvalue weighted by atomic mass is 10.1. The quantitative estimate of drug-likeness (QED) is 0.388. The number of anilines is 1. The van der Waals surface area contributed by atoms with E-state index in [1.165, 1.54) is 9.80 Å². The lowest BCUT2D eigenvalue weighted by Gasteiger charge is -2.31. The maximum Gasteiger partial charge on any atom is 0.259 e. The number of unbranched alkanes of at least 4 members (excludes halogenated alkanes) is 1. The van der Waals surface area contributed by atoms with Crippen molar-refractivity contribution in [1.29, 1.82) is 0 Å². The summed E-state index contributed by atoms with van der Waals surface area (Å²) in [6.45, 7) is 4.18. The zero-order chi connectivity index (χ0) is 25.1. The van der Waals surface area contributed by atoms with Gasteiger partial charge in [-0.25, -0.2) is 0 Å². The molecule has 1 N–H and O–H groups in total. The molecule has 1 aliphatic heterocycles. The fourth-order valence-electron chi connectivity index (χ4n) is 4.31. The molecule has 8 heteroatoms.